The molecule has 1 heterocycles. The van der Waals surface area contributed by atoms with Gasteiger partial charge in [0, 0.05) is 17.5 Å². The second-order valence-corrected chi connectivity index (χ2v) is 5.94. The van der Waals surface area contributed by atoms with E-state index in [-0.39, 0.29) is 5.91 Å². The van der Waals surface area contributed by atoms with Crippen LogP contribution < -0.4 is 4.90 Å². The zero-order valence-electron chi connectivity index (χ0n) is 10.8. The quantitative estimate of drug-likeness (QED) is 0.623. The van der Waals surface area contributed by atoms with E-state index >= 15 is 0 Å². The maximum Gasteiger partial charge on any atom is 0.416 e. The lowest BCUT2D eigenvalue weighted by molar-refractivity contribution is -0.137. The molecule has 0 N–H and O–H groups in total. The molecule has 0 atom stereocenters. The van der Waals surface area contributed by atoms with Crippen molar-refractivity contribution in [2.45, 2.75) is 13.1 Å². The summed E-state index contributed by atoms with van der Waals surface area (Å²) in [6.07, 6.45) is -4.36. The summed E-state index contributed by atoms with van der Waals surface area (Å²) in [7, 11) is 0. The van der Waals surface area contributed by atoms with Gasteiger partial charge in [0.05, 0.1) is 12.1 Å². The molecule has 1 aromatic carbocycles. The number of carbonyl (C=O) groups is 1. The van der Waals surface area contributed by atoms with E-state index in [0.29, 0.717) is 17.4 Å². The molecule has 1 aliphatic rings. The predicted octanol–water partition coefficient (Wildman–Crippen LogP) is 4.44. The van der Waals surface area contributed by atoms with Crippen LogP contribution in [0.4, 0.5) is 18.9 Å². The number of alkyl halides is 3. The average Bonchev–Trinajstić information content (AvgIpc) is 2.80. The van der Waals surface area contributed by atoms with Gasteiger partial charge in [-0.3, -0.25) is 4.79 Å². The van der Waals surface area contributed by atoms with Crippen molar-refractivity contribution in [1.82, 2.24) is 0 Å². The summed E-state index contributed by atoms with van der Waals surface area (Å²) in [6, 6.07) is 4.82. The van der Waals surface area contributed by atoms with Crippen molar-refractivity contribution in [2.75, 3.05) is 11.4 Å². The van der Waals surface area contributed by atoms with Gasteiger partial charge in [-0.1, -0.05) is 34.4 Å². The van der Waals surface area contributed by atoms with E-state index < -0.39 is 11.7 Å². The van der Waals surface area contributed by atoms with Crippen LogP contribution in [0.25, 0.3) is 0 Å². The summed E-state index contributed by atoms with van der Waals surface area (Å²) < 4.78 is 39.6. The minimum atomic E-state index is -4.36. The maximum atomic E-state index is 12.6. The van der Waals surface area contributed by atoms with Gasteiger partial charge in [-0.25, -0.2) is 0 Å². The largest absolute Gasteiger partial charge is 0.416 e. The van der Waals surface area contributed by atoms with Crippen LogP contribution >= 0.6 is 34.4 Å². The van der Waals surface area contributed by atoms with E-state index in [1.54, 1.807) is 4.90 Å². The molecule has 0 radical (unpaired) electrons. The molecule has 1 aliphatic heterocycles. The molecule has 1 saturated heterocycles. The Balaban J connectivity index is 2.33. The number of halogens is 4. The van der Waals surface area contributed by atoms with Crippen molar-refractivity contribution in [3.8, 4) is 0 Å². The average molecular weight is 426 g/mol. The highest BCUT2D eigenvalue weighted by atomic mass is 127. The van der Waals surface area contributed by atoms with E-state index in [1.807, 2.05) is 4.08 Å². The first-order valence-electron chi connectivity index (χ1n) is 5.82. The van der Waals surface area contributed by atoms with Crippen LogP contribution in [-0.4, -0.2) is 17.6 Å². The molecule has 3 nitrogen and oxygen atoms in total. The van der Waals surface area contributed by atoms with Crippen LogP contribution in [0.5, 0.6) is 0 Å². The van der Waals surface area contributed by atoms with Gasteiger partial charge in [-0.05, 0) is 28.3 Å². The van der Waals surface area contributed by atoms with Crippen molar-refractivity contribution >= 4 is 51.1 Å². The van der Waals surface area contributed by atoms with Gasteiger partial charge in [-0.2, -0.15) is 18.2 Å². The number of amidine groups is 1. The maximum absolute atomic E-state index is 12.6. The highest BCUT2D eigenvalue weighted by Gasteiger charge is 2.31. The van der Waals surface area contributed by atoms with Gasteiger partial charge >= 0.3 is 6.18 Å². The molecule has 0 spiro atoms. The number of hydrogen-bond donors (Lipinski definition) is 0. The lowest BCUT2D eigenvalue weighted by atomic mass is 10.2. The normalized spacial score (nSPS) is 19.6. The fourth-order valence-electron chi connectivity index (χ4n) is 1.73. The summed E-state index contributed by atoms with van der Waals surface area (Å²) in [6.45, 7) is 1.83. The summed E-state index contributed by atoms with van der Waals surface area (Å²) in [4.78, 5) is 17.8. The predicted molar refractivity (Wildman–Crippen MR) is 86.6 cm³/mol. The van der Waals surface area contributed by atoms with Crippen molar-refractivity contribution < 1.29 is 18.0 Å². The SMILES string of the molecule is CC(=O)N=C1SC(=CI)CN1c1ccc(C(F)(F)F)cc1. The minimum Gasteiger partial charge on any atom is -0.316 e. The Morgan fingerprint density at radius 2 is 2.00 bits per heavy atom. The van der Waals surface area contributed by atoms with Crippen LogP contribution in [0.2, 0.25) is 0 Å². The summed E-state index contributed by atoms with van der Waals surface area (Å²) in [5, 5.41) is 0.477. The first kappa shape index (κ1) is 16.3. The smallest absolute Gasteiger partial charge is 0.316 e. The number of thioether (sulfide) groups is 1. The molecule has 0 saturated carbocycles. The molecule has 0 aliphatic carbocycles. The third kappa shape index (κ3) is 4.00. The monoisotopic (exact) mass is 426 g/mol. The number of hydrogen-bond acceptors (Lipinski definition) is 2. The number of nitrogens with zero attached hydrogens (tertiary/aromatic N) is 2. The van der Waals surface area contributed by atoms with Crippen LogP contribution in [0, 0.1) is 0 Å². The van der Waals surface area contributed by atoms with Gasteiger partial charge in [0.1, 0.15) is 0 Å². The van der Waals surface area contributed by atoms with Crippen LogP contribution in [-0.2, 0) is 11.0 Å². The fraction of sp³-hybridized carbons (Fsp3) is 0.231. The van der Waals surface area contributed by atoms with Gasteiger partial charge in [-0.15, -0.1) is 0 Å². The fourth-order valence-corrected chi connectivity index (χ4v) is 3.24. The Morgan fingerprint density at radius 1 is 1.38 bits per heavy atom. The summed E-state index contributed by atoms with van der Waals surface area (Å²) in [5.41, 5.74) is -0.128. The summed E-state index contributed by atoms with van der Waals surface area (Å²) in [5.74, 6) is -0.343. The minimum absolute atomic E-state index is 0.343. The Labute approximate surface area is 137 Å². The Kier molecular flexibility index (Phi) is 4.97. The molecule has 0 aromatic heterocycles. The van der Waals surface area contributed by atoms with Crippen molar-refractivity contribution in [3.05, 3.63) is 38.8 Å². The third-order valence-corrected chi connectivity index (χ3v) is 4.83. The van der Waals surface area contributed by atoms with Gasteiger partial charge in [0.2, 0.25) is 5.91 Å². The standard InChI is InChI=1S/C13H10F3IN2OS/c1-8(20)18-12-19(7-11(6-17)21-12)10-4-2-9(3-5-10)13(14,15)16/h2-6H,7H2,1H3. The first-order valence-corrected chi connectivity index (χ1v) is 7.88. The first-order chi connectivity index (χ1) is 9.81. The van der Waals surface area contributed by atoms with E-state index in [1.165, 1.54) is 30.8 Å². The molecule has 0 unspecified atom stereocenters. The van der Waals surface area contributed by atoms with E-state index in [0.717, 1.165) is 17.0 Å². The van der Waals surface area contributed by atoms with Crippen molar-refractivity contribution in [1.29, 1.82) is 0 Å². The number of anilines is 1. The Bertz CT molecular complexity index is 611. The molecule has 1 aromatic rings. The molecule has 1 amide bonds. The van der Waals surface area contributed by atoms with Crippen LogP contribution in [0.3, 0.4) is 0 Å². The molecular formula is C13H10F3IN2OS. The number of amides is 1. The Morgan fingerprint density at radius 3 is 2.48 bits per heavy atom. The van der Waals surface area contributed by atoms with E-state index in [2.05, 4.69) is 27.6 Å². The van der Waals surface area contributed by atoms with E-state index in [9.17, 15) is 18.0 Å². The highest BCUT2D eigenvalue weighted by molar-refractivity contribution is 14.1. The second-order valence-electron chi connectivity index (χ2n) is 4.22. The van der Waals surface area contributed by atoms with Gasteiger partial charge in [0.15, 0.2) is 5.17 Å². The topological polar surface area (TPSA) is 32.7 Å². The number of carbonyl (C=O) groups excluding carboxylic acids is 1. The van der Waals surface area contributed by atoms with Crippen LogP contribution in [0.15, 0.2) is 38.2 Å². The third-order valence-electron chi connectivity index (χ3n) is 2.65. The van der Waals surface area contributed by atoms with Gasteiger partial charge < -0.3 is 4.90 Å². The molecule has 21 heavy (non-hydrogen) atoms. The molecule has 1 fully saturated rings. The van der Waals surface area contributed by atoms with Gasteiger partial charge in [0.25, 0.3) is 0 Å². The molecule has 2 rings (SSSR count). The zero-order chi connectivity index (χ0) is 15.6. The lowest BCUT2D eigenvalue weighted by Gasteiger charge is -2.18. The molecule has 112 valence electrons. The Hall–Kier alpha value is -1.03. The zero-order valence-corrected chi connectivity index (χ0v) is 13.8. The van der Waals surface area contributed by atoms with Crippen LogP contribution in [0.1, 0.15) is 12.5 Å². The van der Waals surface area contributed by atoms with E-state index in [4.69, 9.17) is 0 Å². The highest BCUT2D eigenvalue weighted by Crippen LogP contribution is 2.36. The number of aliphatic imine (C=N–C) groups is 1. The molecule has 0 bridgehead atoms. The van der Waals surface area contributed by atoms with Crippen molar-refractivity contribution in [2.24, 2.45) is 4.99 Å². The number of benzene rings is 1. The number of rotatable bonds is 1. The second kappa shape index (κ2) is 6.39. The lowest BCUT2D eigenvalue weighted by Crippen LogP contribution is -2.24. The molecular weight excluding hydrogens is 416 g/mol. The molecule has 8 heteroatoms. The summed E-state index contributed by atoms with van der Waals surface area (Å²) >= 11 is 3.42. The van der Waals surface area contributed by atoms with Crippen molar-refractivity contribution in [3.63, 3.8) is 0 Å².